The van der Waals surface area contributed by atoms with E-state index in [1.807, 2.05) is 6.07 Å². The summed E-state index contributed by atoms with van der Waals surface area (Å²) in [5.74, 6) is -1.59. The Hall–Kier alpha value is -3.04. The first-order valence-electron chi connectivity index (χ1n) is 7.33. The van der Waals surface area contributed by atoms with E-state index in [4.69, 9.17) is 21.6 Å². The number of amides is 1. The second kappa shape index (κ2) is 7.69. The second-order valence-corrected chi connectivity index (χ2v) is 5.77. The summed E-state index contributed by atoms with van der Waals surface area (Å²) in [4.78, 5) is 24.2. The number of nitrogens with zero attached hydrogens (tertiary/aromatic N) is 1. The molecule has 0 bridgehead atoms. The van der Waals surface area contributed by atoms with Gasteiger partial charge in [-0.2, -0.15) is 5.26 Å². The number of aryl methyl sites for hydroxylation is 1. The average Bonchev–Trinajstić information content (AvgIpc) is 2.54. The quantitative estimate of drug-likeness (QED) is 0.816. The Morgan fingerprint density at radius 3 is 2.60 bits per heavy atom. The molecule has 0 radical (unpaired) electrons. The first-order valence-corrected chi connectivity index (χ1v) is 7.70. The van der Waals surface area contributed by atoms with Crippen LogP contribution in [0.2, 0.25) is 5.02 Å². The summed E-state index contributed by atoms with van der Waals surface area (Å²) in [5.41, 5.74) is 1.42. The molecule has 0 saturated carbocycles. The minimum atomic E-state index is -1.09. The first kappa shape index (κ1) is 18.3. The van der Waals surface area contributed by atoms with Crippen LogP contribution in [0.4, 0.5) is 5.69 Å². The molecule has 0 heterocycles. The highest BCUT2D eigenvalue weighted by Crippen LogP contribution is 2.22. The van der Waals surface area contributed by atoms with E-state index in [1.54, 1.807) is 13.0 Å². The van der Waals surface area contributed by atoms with E-state index in [0.29, 0.717) is 5.69 Å². The first-order chi connectivity index (χ1) is 11.8. The van der Waals surface area contributed by atoms with E-state index in [2.05, 4.69) is 5.32 Å². The van der Waals surface area contributed by atoms with Gasteiger partial charge in [0.15, 0.2) is 6.10 Å². The summed E-state index contributed by atoms with van der Waals surface area (Å²) in [6, 6.07) is 10.8. The SMILES string of the molecule is Cc1ccc(C(=O)O[C@@H](C)C(=O)Nc2ccc(C#N)c(Cl)c2)c(O)c1. The van der Waals surface area contributed by atoms with Crippen LogP contribution >= 0.6 is 11.6 Å². The van der Waals surface area contributed by atoms with Crippen molar-refractivity contribution in [1.82, 2.24) is 0 Å². The third kappa shape index (κ3) is 4.49. The van der Waals surface area contributed by atoms with Gasteiger partial charge < -0.3 is 15.2 Å². The highest BCUT2D eigenvalue weighted by atomic mass is 35.5. The van der Waals surface area contributed by atoms with Gasteiger partial charge in [0, 0.05) is 5.69 Å². The summed E-state index contributed by atoms with van der Waals surface area (Å²) in [7, 11) is 0. The number of aromatic hydroxyl groups is 1. The van der Waals surface area contributed by atoms with Crippen LogP contribution in [0.25, 0.3) is 0 Å². The van der Waals surface area contributed by atoms with E-state index >= 15 is 0 Å². The number of halogens is 1. The normalized spacial score (nSPS) is 11.3. The summed E-state index contributed by atoms with van der Waals surface area (Å²) in [5, 5.41) is 21.4. The van der Waals surface area contributed by atoms with Crippen molar-refractivity contribution in [1.29, 1.82) is 5.26 Å². The molecule has 2 aromatic carbocycles. The molecule has 2 rings (SSSR count). The number of ether oxygens (including phenoxy) is 1. The molecule has 2 aromatic rings. The van der Waals surface area contributed by atoms with Gasteiger partial charge in [-0.3, -0.25) is 4.79 Å². The molecule has 25 heavy (non-hydrogen) atoms. The predicted octanol–water partition coefficient (Wildman–Crippen LogP) is 3.41. The third-order valence-electron chi connectivity index (χ3n) is 3.38. The van der Waals surface area contributed by atoms with Gasteiger partial charge in [-0.05, 0) is 49.7 Å². The van der Waals surface area contributed by atoms with Crippen LogP contribution in [0.1, 0.15) is 28.4 Å². The molecule has 0 aliphatic rings. The van der Waals surface area contributed by atoms with Crippen molar-refractivity contribution in [3.8, 4) is 11.8 Å². The summed E-state index contributed by atoms with van der Waals surface area (Å²) >= 11 is 5.90. The van der Waals surface area contributed by atoms with Crippen LogP contribution < -0.4 is 5.32 Å². The third-order valence-corrected chi connectivity index (χ3v) is 3.70. The average molecular weight is 359 g/mol. The lowest BCUT2D eigenvalue weighted by molar-refractivity contribution is -0.123. The van der Waals surface area contributed by atoms with Gasteiger partial charge in [-0.25, -0.2) is 4.79 Å². The summed E-state index contributed by atoms with van der Waals surface area (Å²) in [6.07, 6.45) is -1.09. The van der Waals surface area contributed by atoms with Gasteiger partial charge >= 0.3 is 5.97 Å². The number of nitriles is 1. The molecule has 0 saturated heterocycles. The fourth-order valence-corrected chi connectivity index (χ4v) is 2.24. The number of nitrogens with one attached hydrogen (secondary N) is 1. The monoisotopic (exact) mass is 358 g/mol. The maximum absolute atomic E-state index is 12.1. The number of rotatable bonds is 4. The molecule has 0 fully saturated rings. The Labute approximate surface area is 149 Å². The fourth-order valence-electron chi connectivity index (χ4n) is 2.02. The molecule has 2 N–H and O–H groups in total. The van der Waals surface area contributed by atoms with Crippen molar-refractivity contribution < 1.29 is 19.4 Å². The Morgan fingerprint density at radius 1 is 1.28 bits per heavy atom. The van der Waals surface area contributed by atoms with Crippen molar-refractivity contribution in [3.05, 3.63) is 58.1 Å². The molecule has 0 spiro atoms. The predicted molar refractivity (Wildman–Crippen MR) is 92.5 cm³/mol. The number of benzene rings is 2. The molecule has 0 aliphatic heterocycles. The van der Waals surface area contributed by atoms with E-state index in [1.165, 1.54) is 37.3 Å². The van der Waals surface area contributed by atoms with E-state index < -0.39 is 18.0 Å². The number of carbonyl (C=O) groups is 2. The molecular formula is C18H15ClN2O4. The highest BCUT2D eigenvalue weighted by Gasteiger charge is 2.21. The van der Waals surface area contributed by atoms with Gasteiger partial charge in [-0.1, -0.05) is 17.7 Å². The summed E-state index contributed by atoms with van der Waals surface area (Å²) in [6.45, 7) is 3.18. The van der Waals surface area contributed by atoms with Crippen molar-refractivity contribution in [2.24, 2.45) is 0 Å². The number of phenols is 1. The van der Waals surface area contributed by atoms with Crippen LogP contribution in [-0.2, 0) is 9.53 Å². The molecule has 128 valence electrons. The van der Waals surface area contributed by atoms with E-state index in [-0.39, 0.29) is 21.9 Å². The summed E-state index contributed by atoms with van der Waals surface area (Å²) < 4.78 is 5.07. The number of anilines is 1. The Kier molecular flexibility index (Phi) is 5.63. The second-order valence-electron chi connectivity index (χ2n) is 5.36. The van der Waals surface area contributed by atoms with Crippen molar-refractivity contribution in [2.45, 2.75) is 20.0 Å². The maximum atomic E-state index is 12.1. The van der Waals surface area contributed by atoms with Crippen LogP contribution in [0.3, 0.4) is 0 Å². The molecule has 0 unspecified atom stereocenters. The van der Waals surface area contributed by atoms with Crippen LogP contribution in [0.5, 0.6) is 5.75 Å². The largest absolute Gasteiger partial charge is 0.507 e. The highest BCUT2D eigenvalue weighted by molar-refractivity contribution is 6.32. The Bertz CT molecular complexity index is 874. The van der Waals surface area contributed by atoms with Gasteiger partial charge in [0.2, 0.25) is 0 Å². The molecular weight excluding hydrogens is 344 g/mol. The zero-order chi connectivity index (χ0) is 18.6. The minimum absolute atomic E-state index is 0.0216. The topological polar surface area (TPSA) is 99.4 Å². The lowest BCUT2D eigenvalue weighted by atomic mass is 10.1. The van der Waals surface area contributed by atoms with Gasteiger partial charge in [0.05, 0.1) is 10.6 Å². The molecule has 0 aliphatic carbocycles. The number of phenolic OH excluding ortho intramolecular Hbond substituents is 1. The zero-order valence-corrected chi connectivity index (χ0v) is 14.3. The van der Waals surface area contributed by atoms with Crippen LogP contribution in [0.15, 0.2) is 36.4 Å². The molecule has 1 atom stereocenters. The van der Waals surface area contributed by atoms with E-state index in [0.717, 1.165) is 5.56 Å². The molecule has 7 heteroatoms. The van der Waals surface area contributed by atoms with Gasteiger partial charge in [0.25, 0.3) is 5.91 Å². The fraction of sp³-hybridized carbons (Fsp3) is 0.167. The van der Waals surface area contributed by atoms with Crippen LogP contribution in [-0.4, -0.2) is 23.1 Å². The molecule has 0 aromatic heterocycles. The Balaban J connectivity index is 2.04. The standard InChI is InChI=1S/C18H15ClN2O4/c1-10-3-6-14(16(22)7-10)18(24)25-11(2)17(23)21-13-5-4-12(9-20)15(19)8-13/h3-8,11,22H,1-2H3,(H,21,23)/t11-/m0/s1. The van der Waals surface area contributed by atoms with Crippen molar-refractivity contribution >= 4 is 29.2 Å². The lowest BCUT2D eigenvalue weighted by Gasteiger charge is -2.14. The maximum Gasteiger partial charge on any atom is 0.342 e. The van der Waals surface area contributed by atoms with Gasteiger partial charge in [0.1, 0.15) is 17.4 Å². The number of carbonyl (C=O) groups excluding carboxylic acids is 2. The van der Waals surface area contributed by atoms with Crippen molar-refractivity contribution in [3.63, 3.8) is 0 Å². The van der Waals surface area contributed by atoms with Gasteiger partial charge in [-0.15, -0.1) is 0 Å². The number of esters is 1. The number of hydrogen-bond donors (Lipinski definition) is 2. The van der Waals surface area contributed by atoms with Crippen molar-refractivity contribution in [2.75, 3.05) is 5.32 Å². The smallest absolute Gasteiger partial charge is 0.342 e. The van der Waals surface area contributed by atoms with Crippen LogP contribution in [0, 0.1) is 18.3 Å². The van der Waals surface area contributed by atoms with E-state index in [9.17, 15) is 14.7 Å². The molecule has 1 amide bonds. The minimum Gasteiger partial charge on any atom is -0.507 e. The molecule has 6 nitrogen and oxygen atoms in total. The Morgan fingerprint density at radius 2 is 2.00 bits per heavy atom. The number of hydrogen-bond acceptors (Lipinski definition) is 5. The lowest BCUT2D eigenvalue weighted by Crippen LogP contribution is -2.30. The zero-order valence-electron chi connectivity index (χ0n) is 13.5.